The van der Waals surface area contributed by atoms with Crippen molar-refractivity contribution in [2.24, 2.45) is 0 Å². The molecule has 2 aromatic rings. The Kier molecular flexibility index (Phi) is 2.80. The Morgan fingerprint density at radius 2 is 2.33 bits per heavy atom. The van der Waals surface area contributed by atoms with Gasteiger partial charge in [-0.15, -0.1) is 0 Å². The van der Waals surface area contributed by atoms with Gasteiger partial charge >= 0.3 is 0 Å². The highest BCUT2D eigenvalue weighted by molar-refractivity contribution is 5.77. The van der Waals surface area contributed by atoms with Crippen LogP contribution in [0.25, 0.3) is 11.1 Å². The molecule has 2 heterocycles. The van der Waals surface area contributed by atoms with E-state index in [4.69, 9.17) is 10.5 Å². The summed E-state index contributed by atoms with van der Waals surface area (Å²) in [6.07, 6.45) is 2.22. The minimum atomic E-state index is 0.102. The van der Waals surface area contributed by atoms with E-state index >= 15 is 0 Å². The number of aromatic amines is 1. The van der Waals surface area contributed by atoms with Crippen molar-refractivity contribution >= 4 is 5.82 Å². The third-order valence-electron chi connectivity index (χ3n) is 3.38. The lowest BCUT2D eigenvalue weighted by Gasteiger charge is -2.10. The summed E-state index contributed by atoms with van der Waals surface area (Å²) in [5.41, 5.74) is 10.3. The Labute approximate surface area is 106 Å². The summed E-state index contributed by atoms with van der Waals surface area (Å²) in [5.74, 6) is 0.547. The second-order valence-corrected chi connectivity index (χ2v) is 4.77. The van der Waals surface area contributed by atoms with Gasteiger partial charge in [-0.2, -0.15) is 5.10 Å². The molecule has 18 heavy (non-hydrogen) atoms. The van der Waals surface area contributed by atoms with E-state index in [1.165, 1.54) is 5.56 Å². The van der Waals surface area contributed by atoms with Crippen LogP contribution in [0.4, 0.5) is 5.82 Å². The number of rotatable bonds is 2. The fraction of sp³-hybridized carbons (Fsp3) is 0.357. The maximum Gasteiger partial charge on any atom is 0.153 e. The van der Waals surface area contributed by atoms with Gasteiger partial charge in [-0.25, -0.2) is 0 Å². The summed E-state index contributed by atoms with van der Waals surface area (Å²) in [5, 5.41) is 7.17. The van der Waals surface area contributed by atoms with Crippen LogP contribution in [0.2, 0.25) is 0 Å². The number of aryl methyl sites for hydroxylation is 1. The molecular weight excluding hydrogens is 226 g/mol. The molecule has 1 atom stereocenters. The Morgan fingerprint density at radius 1 is 1.44 bits per heavy atom. The SMILES string of the molecule is Cc1cccc(-c2c(N)n[nH]c2C2CCCO2)c1. The van der Waals surface area contributed by atoms with Gasteiger partial charge < -0.3 is 10.5 Å². The van der Waals surface area contributed by atoms with Gasteiger partial charge in [-0.3, -0.25) is 5.10 Å². The first-order valence-corrected chi connectivity index (χ1v) is 6.28. The van der Waals surface area contributed by atoms with Crippen molar-refractivity contribution in [1.82, 2.24) is 10.2 Å². The standard InChI is InChI=1S/C14H17N3O/c1-9-4-2-5-10(8-9)12-13(16-17-14(12)15)11-6-3-7-18-11/h2,4-5,8,11H,3,6-7H2,1H3,(H3,15,16,17). The molecule has 1 aliphatic heterocycles. The van der Waals surface area contributed by atoms with Gasteiger partial charge in [0, 0.05) is 12.2 Å². The second-order valence-electron chi connectivity index (χ2n) is 4.77. The van der Waals surface area contributed by atoms with E-state index in [2.05, 4.69) is 35.3 Å². The molecule has 0 amide bonds. The van der Waals surface area contributed by atoms with Crippen LogP contribution in [0.15, 0.2) is 24.3 Å². The predicted molar refractivity (Wildman–Crippen MR) is 71.1 cm³/mol. The number of nitrogens with zero attached hydrogens (tertiary/aromatic N) is 1. The molecule has 1 aromatic heterocycles. The fourth-order valence-corrected chi connectivity index (χ4v) is 2.51. The van der Waals surface area contributed by atoms with Crippen molar-refractivity contribution in [2.45, 2.75) is 25.9 Å². The molecule has 1 aromatic carbocycles. The molecule has 94 valence electrons. The summed E-state index contributed by atoms with van der Waals surface area (Å²) in [6.45, 7) is 2.89. The van der Waals surface area contributed by atoms with Crippen molar-refractivity contribution < 1.29 is 4.74 Å². The zero-order valence-corrected chi connectivity index (χ0v) is 10.4. The number of hydrogen-bond acceptors (Lipinski definition) is 3. The number of hydrogen-bond donors (Lipinski definition) is 2. The molecule has 0 saturated carbocycles. The van der Waals surface area contributed by atoms with Crippen LogP contribution < -0.4 is 5.73 Å². The smallest absolute Gasteiger partial charge is 0.153 e. The van der Waals surface area contributed by atoms with Crippen LogP contribution in [-0.2, 0) is 4.74 Å². The molecule has 4 nitrogen and oxygen atoms in total. The quantitative estimate of drug-likeness (QED) is 0.852. The molecule has 4 heteroatoms. The van der Waals surface area contributed by atoms with Crippen LogP contribution in [0.1, 0.15) is 30.2 Å². The van der Waals surface area contributed by atoms with E-state index in [9.17, 15) is 0 Å². The van der Waals surface area contributed by atoms with Crippen LogP contribution >= 0.6 is 0 Å². The average Bonchev–Trinajstić information content (AvgIpc) is 2.97. The van der Waals surface area contributed by atoms with Gasteiger partial charge in [0.1, 0.15) is 0 Å². The van der Waals surface area contributed by atoms with E-state index in [1.54, 1.807) is 0 Å². The molecular formula is C14H17N3O. The van der Waals surface area contributed by atoms with E-state index in [0.29, 0.717) is 5.82 Å². The number of nitrogens with two attached hydrogens (primary N) is 1. The summed E-state index contributed by atoms with van der Waals surface area (Å²) < 4.78 is 5.72. The number of nitrogens with one attached hydrogen (secondary N) is 1. The highest BCUT2D eigenvalue weighted by atomic mass is 16.5. The zero-order chi connectivity index (χ0) is 12.5. The minimum Gasteiger partial charge on any atom is -0.382 e. The topological polar surface area (TPSA) is 63.9 Å². The van der Waals surface area contributed by atoms with Crippen LogP contribution in [0, 0.1) is 6.92 Å². The normalized spacial score (nSPS) is 19.3. The number of H-pyrrole nitrogens is 1. The van der Waals surface area contributed by atoms with E-state index in [-0.39, 0.29) is 6.10 Å². The van der Waals surface area contributed by atoms with Gasteiger partial charge in [0.2, 0.25) is 0 Å². The summed E-state index contributed by atoms with van der Waals surface area (Å²) in [7, 11) is 0. The first kappa shape index (κ1) is 11.3. The number of nitrogen functional groups attached to an aromatic ring is 1. The number of anilines is 1. The van der Waals surface area contributed by atoms with Gasteiger partial charge in [0.15, 0.2) is 5.82 Å². The lowest BCUT2D eigenvalue weighted by molar-refractivity contribution is 0.109. The second kappa shape index (κ2) is 4.46. The Bertz CT molecular complexity index is 556. The first-order valence-electron chi connectivity index (χ1n) is 6.28. The van der Waals surface area contributed by atoms with Gasteiger partial charge in [0.25, 0.3) is 0 Å². The first-order chi connectivity index (χ1) is 8.75. The molecule has 3 rings (SSSR count). The van der Waals surface area contributed by atoms with Crippen molar-refractivity contribution in [3.8, 4) is 11.1 Å². The predicted octanol–water partition coefficient (Wildman–Crippen LogP) is 2.82. The summed E-state index contributed by atoms with van der Waals surface area (Å²) >= 11 is 0. The van der Waals surface area contributed by atoms with Crippen LogP contribution in [0.5, 0.6) is 0 Å². The summed E-state index contributed by atoms with van der Waals surface area (Å²) in [6, 6.07) is 8.30. The molecule has 0 radical (unpaired) electrons. The highest BCUT2D eigenvalue weighted by Crippen LogP contribution is 2.37. The summed E-state index contributed by atoms with van der Waals surface area (Å²) in [4.78, 5) is 0. The fourth-order valence-electron chi connectivity index (χ4n) is 2.51. The van der Waals surface area contributed by atoms with Gasteiger partial charge in [-0.05, 0) is 25.3 Å². The van der Waals surface area contributed by atoms with Crippen LogP contribution in [-0.4, -0.2) is 16.8 Å². The van der Waals surface area contributed by atoms with Gasteiger partial charge in [0.05, 0.1) is 11.8 Å². The highest BCUT2D eigenvalue weighted by Gasteiger charge is 2.25. The van der Waals surface area contributed by atoms with Crippen molar-refractivity contribution in [3.63, 3.8) is 0 Å². The molecule has 0 aliphatic carbocycles. The van der Waals surface area contributed by atoms with E-state index in [1.807, 2.05) is 6.07 Å². The minimum absolute atomic E-state index is 0.102. The third-order valence-corrected chi connectivity index (χ3v) is 3.38. The Morgan fingerprint density at radius 3 is 3.06 bits per heavy atom. The third kappa shape index (κ3) is 1.88. The lowest BCUT2D eigenvalue weighted by atomic mass is 10.00. The Hall–Kier alpha value is -1.81. The monoisotopic (exact) mass is 243 g/mol. The number of benzene rings is 1. The average molecular weight is 243 g/mol. The lowest BCUT2D eigenvalue weighted by Crippen LogP contribution is -1.99. The Balaban J connectivity index is 2.07. The number of ether oxygens (including phenoxy) is 1. The van der Waals surface area contributed by atoms with Crippen molar-refractivity contribution in [1.29, 1.82) is 0 Å². The maximum absolute atomic E-state index is 5.99. The zero-order valence-electron chi connectivity index (χ0n) is 10.4. The molecule has 1 saturated heterocycles. The van der Waals surface area contributed by atoms with Gasteiger partial charge in [-0.1, -0.05) is 29.8 Å². The molecule has 3 N–H and O–H groups in total. The number of aromatic nitrogens is 2. The maximum atomic E-state index is 5.99. The molecule has 0 spiro atoms. The molecule has 0 bridgehead atoms. The van der Waals surface area contributed by atoms with Crippen LogP contribution in [0.3, 0.4) is 0 Å². The van der Waals surface area contributed by atoms with Crippen molar-refractivity contribution in [2.75, 3.05) is 12.3 Å². The molecule has 1 aliphatic rings. The molecule has 1 unspecified atom stereocenters. The largest absolute Gasteiger partial charge is 0.382 e. The molecule has 1 fully saturated rings. The van der Waals surface area contributed by atoms with Crippen molar-refractivity contribution in [3.05, 3.63) is 35.5 Å². The van der Waals surface area contributed by atoms with E-state index in [0.717, 1.165) is 36.3 Å². The van der Waals surface area contributed by atoms with E-state index < -0.39 is 0 Å².